The summed E-state index contributed by atoms with van der Waals surface area (Å²) in [5, 5.41) is 3.34. The van der Waals surface area contributed by atoms with Crippen molar-refractivity contribution in [3.05, 3.63) is 42.5 Å². The number of nitrogens with one attached hydrogen (secondary N) is 1. The molecule has 1 heterocycles. The highest BCUT2D eigenvalue weighted by molar-refractivity contribution is 5.54. The van der Waals surface area contributed by atoms with Crippen LogP contribution in [0.15, 0.2) is 36.8 Å². The number of hydrogen-bond acceptors (Lipinski definition) is 5. The molecule has 1 aliphatic rings. The summed E-state index contributed by atoms with van der Waals surface area (Å²) in [5.74, 6) is 1.58. The van der Waals surface area contributed by atoms with Crippen LogP contribution in [0.25, 0.3) is 0 Å². The Morgan fingerprint density at radius 1 is 1.18 bits per heavy atom. The van der Waals surface area contributed by atoms with Gasteiger partial charge in [-0.15, -0.1) is 0 Å². The summed E-state index contributed by atoms with van der Waals surface area (Å²) in [5.41, 5.74) is 1.89. The van der Waals surface area contributed by atoms with Gasteiger partial charge >= 0.3 is 0 Å². The standard InChI is InChI=1S/C17H21N3O2/c1-21-16-7-6-13(20-12-14-11-18-8-9-19-14)10-17(16)22-15-4-2-3-5-15/h6-11,15,20H,2-5,12H2,1H3. The van der Waals surface area contributed by atoms with E-state index in [9.17, 15) is 0 Å². The molecule has 0 atom stereocenters. The van der Waals surface area contributed by atoms with E-state index < -0.39 is 0 Å². The van der Waals surface area contributed by atoms with Crippen LogP contribution in [-0.4, -0.2) is 23.2 Å². The van der Waals surface area contributed by atoms with Crippen LogP contribution in [-0.2, 0) is 6.54 Å². The van der Waals surface area contributed by atoms with E-state index in [1.165, 1.54) is 12.8 Å². The Balaban J connectivity index is 1.69. The fourth-order valence-electron chi connectivity index (χ4n) is 2.68. The zero-order valence-corrected chi connectivity index (χ0v) is 12.8. The first-order chi connectivity index (χ1) is 10.8. The van der Waals surface area contributed by atoms with E-state index in [4.69, 9.17) is 9.47 Å². The summed E-state index contributed by atoms with van der Waals surface area (Å²) in [6.07, 6.45) is 10.2. The van der Waals surface area contributed by atoms with Crippen molar-refractivity contribution in [1.29, 1.82) is 0 Å². The van der Waals surface area contributed by atoms with Crippen molar-refractivity contribution in [2.75, 3.05) is 12.4 Å². The number of benzene rings is 1. The van der Waals surface area contributed by atoms with Gasteiger partial charge in [-0.25, -0.2) is 0 Å². The largest absolute Gasteiger partial charge is 0.493 e. The highest BCUT2D eigenvalue weighted by Gasteiger charge is 2.18. The first-order valence-electron chi connectivity index (χ1n) is 7.68. The first-order valence-corrected chi connectivity index (χ1v) is 7.68. The number of hydrogen-bond donors (Lipinski definition) is 1. The first kappa shape index (κ1) is 14.6. The number of ether oxygens (including phenoxy) is 2. The maximum Gasteiger partial charge on any atom is 0.163 e. The van der Waals surface area contributed by atoms with Gasteiger partial charge in [0.2, 0.25) is 0 Å². The van der Waals surface area contributed by atoms with Gasteiger partial charge in [-0.05, 0) is 37.8 Å². The molecule has 1 aromatic heterocycles. The third kappa shape index (κ3) is 3.67. The Bertz CT molecular complexity index is 598. The molecular formula is C17H21N3O2. The molecule has 116 valence electrons. The van der Waals surface area contributed by atoms with Crippen molar-refractivity contribution in [2.24, 2.45) is 0 Å². The SMILES string of the molecule is COc1ccc(NCc2cnccn2)cc1OC1CCCC1. The van der Waals surface area contributed by atoms with Gasteiger partial charge in [0.1, 0.15) is 0 Å². The molecule has 0 amide bonds. The van der Waals surface area contributed by atoms with Crippen LogP contribution in [0, 0.1) is 0 Å². The average molecular weight is 299 g/mol. The van der Waals surface area contributed by atoms with Crippen LogP contribution in [0.5, 0.6) is 11.5 Å². The molecule has 2 aromatic rings. The van der Waals surface area contributed by atoms with E-state index in [1.54, 1.807) is 25.7 Å². The van der Waals surface area contributed by atoms with Crippen molar-refractivity contribution >= 4 is 5.69 Å². The molecule has 1 saturated carbocycles. The van der Waals surface area contributed by atoms with Crippen LogP contribution in [0.2, 0.25) is 0 Å². The predicted molar refractivity (Wildman–Crippen MR) is 85.2 cm³/mol. The van der Waals surface area contributed by atoms with Crippen molar-refractivity contribution in [3.8, 4) is 11.5 Å². The maximum atomic E-state index is 6.10. The van der Waals surface area contributed by atoms with Crippen molar-refractivity contribution in [1.82, 2.24) is 9.97 Å². The molecule has 5 heteroatoms. The van der Waals surface area contributed by atoms with Gasteiger partial charge in [0, 0.05) is 24.1 Å². The number of aromatic nitrogens is 2. The molecule has 0 bridgehead atoms. The number of nitrogens with zero attached hydrogens (tertiary/aromatic N) is 2. The third-order valence-electron chi connectivity index (χ3n) is 3.85. The van der Waals surface area contributed by atoms with Crippen molar-refractivity contribution in [3.63, 3.8) is 0 Å². The Morgan fingerprint density at radius 3 is 2.77 bits per heavy atom. The molecule has 0 aliphatic heterocycles. The smallest absolute Gasteiger partial charge is 0.163 e. The Morgan fingerprint density at radius 2 is 2.05 bits per heavy atom. The summed E-state index contributed by atoms with van der Waals surface area (Å²) in [4.78, 5) is 8.32. The van der Waals surface area contributed by atoms with E-state index in [0.717, 1.165) is 35.7 Å². The van der Waals surface area contributed by atoms with Gasteiger partial charge in [0.05, 0.1) is 31.6 Å². The molecule has 0 spiro atoms. The Hall–Kier alpha value is -2.30. The fourth-order valence-corrected chi connectivity index (χ4v) is 2.68. The summed E-state index contributed by atoms with van der Waals surface area (Å²) >= 11 is 0. The molecule has 1 fully saturated rings. The molecule has 0 unspecified atom stereocenters. The van der Waals surface area contributed by atoms with E-state index >= 15 is 0 Å². The summed E-state index contributed by atoms with van der Waals surface area (Å²) in [6, 6.07) is 5.91. The number of methoxy groups -OCH3 is 1. The molecule has 0 radical (unpaired) electrons. The number of anilines is 1. The lowest BCUT2D eigenvalue weighted by molar-refractivity contribution is 0.201. The van der Waals surface area contributed by atoms with Gasteiger partial charge in [-0.3, -0.25) is 9.97 Å². The van der Waals surface area contributed by atoms with Crippen LogP contribution in [0.3, 0.4) is 0 Å². The van der Waals surface area contributed by atoms with Gasteiger partial charge in [0.25, 0.3) is 0 Å². The normalized spacial score (nSPS) is 14.8. The van der Waals surface area contributed by atoms with Crippen molar-refractivity contribution in [2.45, 2.75) is 38.3 Å². The molecule has 1 aromatic carbocycles. The second-order valence-corrected chi connectivity index (χ2v) is 5.44. The molecular weight excluding hydrogens is 278 g/mol. The third-order valence-corrected chi connectivity index (χ3v) is 3.85. The van der Waals surface area contributed by atoms with Gasteiger partial charge in [-0.2, -0.15) is 0 Å². The van der Waals surface area contributed by atoms with Gasteiger partial charge in [0.15, 0.2) is 11.5 Å². The predicted octanol–water partition coefficient (Wildman–Crippen LogP) is 3.42. The summed E-state index contributed by atoms with van der Waals surface area (Å²) in [7, 11) is 1.67. The van der Waals surface area contributed by atoms with E-state index in [1.807, 2.05) is 18.2 Å². The monoisotopic (exact) mass is 299 g/mol. The minimum Gasteiger partial charge on any atom is -0.493 e. The second-order valence-electron chi connectivity index (χ2n) is 5.44. The molecule has 5 nitrogen and oxygen atoms in total. The van der Waals surface area contributed by atoms with Gasteiger partial charge < -0.3 is 14.8 Å². The lowest BCUT2D eigenvalue weighted by Crippen LogP contribution is -2.12. The lowest BCUT2D eigenvalue weighted by Gasteiger charge is -2.17. The molecule has 1 N–H and O–H groups in total. The lowest BCUT2D eigenvalue weighted by atomic mass is 10.2. The topological polar surface area (TPSA) is 56.3 Å². The fraction of sp³-hybridized carbons (Fsp3) is 0.412. The molecule has 0 saturated heterocycles. The molecule has 22 heavy (non-hydrogen) atoms. The van der Waals surface area contributed by atoms with Crippen LogP contribution < -0.4 is 14.8 Å². The second kappa shape index (κ2) is 7.11. The number of rotatable bonds is 6. The molecule has 3 rings (SSSR count). The quantitative estimate of drug-likeness (QED) is 0.885. The van der Waals surface area contributed by atoms with Crippen molar-refractivity contribution < 1.29 is 9.47 Å². The highest BCUT2D eigenvalue weighted by atomic mass is 16.5. The Kier molecular flexibility index (Phi) is 4.73. The maximum absolute atomic E-state index is 6.10. The summed E-state index contributed by atoms with van der Waals surface area (Å²) < 4.78 is 11.5. The zero-order valence-electron chi connectivity index (χ0n) is 12.8. The minimum atomic E-state index is 0.309. The summed E-state index contributed by atoms with van der Waals surface area (Å²) in [6.45, 7) is 0.628. The Labute approximate surface area is 130 Å². The zero-order chi connectivity index (χ0) is 15.2. The van der Waals surface area contributed by atoms with Crippen LogP contribution in [0.4, 0.5) is 5.69 Å². The van der Waals surface area contributed by atoms with E-state index in [-0.39, 0.29) is 0 Å². The van der Waals surface area contributed by atoms with E-state index in [2.05, 4.69) is 15.3 Å². The average Bonchev–Trinajstić information content (AvgIpc) is 3.07. The highest BCUT2D eigenvalue weighted by Crippen LogP contribution is 2.33. The van der Waals surface area contributed by atoms with E-state index in [0.29, 0.717) is 12.6 Å². The van der Waals surface area contributed by atoms with Crippen LogP contribution >= 0.6 is 0 Å². The minimum absolute atomic E-state index is 0.309. The van der Waals surface area contributed by atoms with Gasteiger partial charge in [-0.1, -0.05) is 0 Å². The molecule has 1 aliphatic carbocycles. The van der Waals surface area contributed by atoms with Crippen LogP contribution in [0.1, 0.15) is 31.4 Å².